The van der Waals surface area contributed by atoms with Crippen LogP contribution in [0.5, 0.6) is 0 Å². The van der Waals surface area contributed by atoms with Gasteiger partial charge in [-0.2, -0.15) is 0 Å². The van der Waals surface area contributed by atoms with Crippen molar-refractivity contribution in [3.05, 3.63) is 28.3 Å². The number of fused-ring (bicyclic) bond motifs is 1. The quantitative estimate of drug-likeness (QED) is 0.426. The number of non-ortho nitro benzene ring substituents is 1. The smallest absolute Gasteiger partial charge is 0.280 e. The zero-order valence-corrected chi connectivity index (χ0v) is 7.88. The predicted octanol–water partition coefficient (Wildman–Crippen LogP) is 1.97. The number of nitro groups is 1. The molecule has 0 radical (unpaired) electrons. The van der Waals surface area contributed by atoms with Crippen LogP contribution in [0.1, 0.15) is 0 Å². The van der Waals surface area contributed by atoms with Gasteiger partial charge in [0.2, 0.25) is 0 Å². The van der Waals surface area contributed by atoms with E-state index in [0.29, 0.717) is 16.1 Å². The molecule has 0 amide bonds. The third-order valence-corrected chi connectivity index (χ3v) is 2.76. The van der Waals surface area contributed by atoms with Gasteiger partial charge in [-0.3, -0.25) is 10.1 Å². The summed E-state index contributed by atoms with van der Waals surface area (Å²) >= 11 is 1.29. The fraction of sp³-hybridized carbons (Fsp3) is 0. The largest absolute Gasteiger partial charge is 0.398 e. The summed E-state index contributed by atoms with van der Waals surface area (Å²) < 4.78 is 0.745. The van der Waals surface area contributed by atoms with Crippen LogP contribution in [0.4, 0.5) is 16.4 Å². The van der Waals surface area contributed by atoms with E-state index in [9.17, 15) is 10.1 Å². The van der Waals surface area contributed by atoms with Crippen LogP contribution < -0.4 is 11.5 Å². The van der Waals surface area contributed by atoms with Crippen molar-refractivity contribution in [1.82, 2.24) is 0 Å². The van der Waals surface area contributed by atoms with Gasteiger partial charge in [-0.25, -0.2) is 0 Å². The number of nitrogens with two attached hydrogens (primary N) is 2. The van der Waals surface area contributed by atoms with Crippen molar-refractivity contribution in [3.63, 3.8) is 0 Å². The molecule has 0 spiro atoms. The van der Waals surface area contributed by atoms with Crippen molar-refractivity contribution in [3.8, 4) is 0 Å². The van der Waals surface area contributed by atoms with Gasteiger partial charge < -0.3 is 11.5 Å². The maximum absolute atomic E-state index is 10.7. The standard InChI is InChI=1S/C8H7N3O2S/c9-4-1-6(11(12)13)5-3-8(10)14-7(5)2-4/h1-3H,9-10H2. The summed E-state index contributed by atoms with van der Waals surface area (Å²) in [4.78, 5) is 10.2. The Kier molecular flexibility index (Phi) is 1.78. The van der Waals surface area contributed by atoms with Crippen molar-refractivity contribution < 1.29 is 4.92 Å². The number of hydrogen-bond acceptors (Lipinski definition) is 5. The molecule has 2 aromatic rings. The van der Waals surface area contributed by atoms with E-state index in [1.54, 1.807) is 12.1 Å². The van der Waals surface area contributed by atoms with Crippen molar-refractivity contribution >= 4 is 37.8 Å². The molecule has 1 aromatic carbocycles. The minimum absolute atomic E-state index is 0.00736. The number of nitrogen functional groups attached to an aromatic ring is 2. The molecule has 6 heteroatoms. The molecule has 1 aromatic heterocycles. The van der Waals surface area contributed by atoms with Gasteiger partial charge in [0.1, 0.15) is 0 Å². The Bertz CT molecular complexity index is 521. The molecular formula is C8H7N3O2S. The highest BCUT2D eigenvalue weighted by Gasteiger charge is 2.14. The maximum atomic E-state index is 10.7. The van der Waals surface area contributed by atoms with Crippen LogP contribution in [0.15, 0.2) is 18.2 Å². The Balaban J connectivity index is 2.85. The molecule has 0 bridgehead atoms. The maximum Gasteiger partial charge on any atom is 0.280 e. The van der Waals surface area contributed by atoms with Crippen LogP contribution in [0.3, 0.4) is 0 Å². The zero-order valence-electron chi connectivity index (χ0n) is 7.06. The highest BCUT2D eigenvalue weighted by atomic mass is 32.1. The number of benzene rings is 1. The molecule has 0 saturated heterocycles. The molecule has 0 aliphatic carbocycles. The van der Waals surface area contributed by atoms with E-state index >= 15 is 0 Å². The third-order valence-electron chi connectivity index (χ3n) is 1.85. The molecule has 0 fully saturated rings. The first-order chi connectivity index (χ1) is 6.58. The first-order valence-corrected chi connectivity index (χ1v) is 4.62. The number of thiophene rings is 1. The Morgan fingerprint density at radius 1 is 1.29 bits per heavy atom. The number of rotatable bonds is 1. The lowest BCUT2D eigenvalue weighted by Crippen LogP contribution is -1.91. The Hall–Kier alpha value is -1.82. The summed E-state index contributed by atoms with van der Waals surface area (Å²) in [6, 6.07) is 4.62. The second-order valence-corrected chi connectivity index (χ2v) is 3.97. The van der Waals surface area contributed by atoms with Gasteiger partial charge in [-0.15, -0.1) is 11.3 Å². The fourth-order valence-electron chi connectivity index (χ4n) is 1.31. The topological polar surface area (TPSA) is 95.2 Å². The molecule has 72 valence electrons. The SMILES string of the molecule is Nc1cc([N+](=O)[O-])c2cc(N)sc2c1. The second kappa shape index (κ2) is 2.85. The van der Waals surface area contributed by atoms with E-state index in [0.717, 1.165) is 4.70 Å². The Labute approximate surface area is 83.1 Å². The van der Waals surface area contributed by atoms with E-state index in [-0.39, 0.29) is 5.69 Å². The van der Waals surface area contributed by atoms with Gasteiger partial charge in [-0.1, -0.05) is 0 Å². The fourth-order valence-corrected chi connectivity index (χ4v) is 2.21. The average Bonchev–Trinajstić information content (AvgIpc) is 2.42. The van der Waals surface area contributed by atoms with Crippen molar-refractivity contribution in [2.45, 2.75) is 0 Å². The van der Waals surface area contributed by atoms with E-state index < -0.39 is 4.92 Å². The van der Waals surface area contributed by atoms with E-state index in [1.807, 2.05) is 0 Å². The minimum Gasteiger partial charge on any atom is -0.398 e. The van der Waals surface area contributed by atoms with Gasteiger partial charge in [0.15, 0.2) is 0 Å². The Morgan fingerprint density at radius 2 is 2.00 bits per heavy atom. The lowest BCUT2D eigenvalue weighted by molar-refractivity contribution is -0.383. The van der Waals surface area contributed by atoms with Gasteiger partial charge >= 0.3 is 0 Å². The van der Waals surface area contributed by atoms with E-state index in [2.05, 4.69) is 0 Å². The molecule has 0 aliphatic heterocycles. The van der Waals surface area contributed by atoms with Crippen LogP contribution in [0.2, 0.25) is 0 Å². The van der Waals surface area contributed by atoms with Crippen molar-refractivity contribution in [2.24, 2.45) is 0 Å². The van der Waals surface area contributed by atoms with Gasteiger partial charge in [0.05, 0.1) is 15.3 Å². The molecule has 5 nitrogen and oxygen atoms in total. The van der Waals surface area contributed by atoms with Gasteiger partial charge in [0.25, 0.3) is 5.69 Å². The molecule has 4 N–H and O–H groups in total. The summed E-state index contributed by atoms with van der Waals surface area (Å²) in [5.41, 5.74) is 11.5. The third kappa shape index (κ3) is 1.25. The van der Waals surface area contributed by atoms with Crippen LogP contribution in [-0.2, 0) is 0 Å². The molecule has 2 rings (SSSR count). The van der Waals surface area contributed by atoms with Gasteiger partial charge in [0, 0.05) is 16.5 Å². The van der Waals surface area contributed by atoms with Gasteiger partial charge in [-0.05, 0) is 12.1 Å². The number of anilines is 2. The predicted molar refractivity (Wildman–Crippen MR) is 57.3 cm³/mol. The molecule has 14 heavy (non-hydrogen) atoms. The van der Waals surface area contributed by atoms with Crippen LogP contribution >= 0.6 is 11.3 Å². The summed E-state index contributed by atoms with van der Waals surface area (Å²) in [6.45, 7) is 0. The van der Waals surface area contributed by atoms with E-state index in [4.69, 9.17) is 11.5 Å². The summed E-state index contributed by atoms with van der Waals surface area (Å²) in [6.07, 6.45) is 0. The first kappa shape index (κ1) is 8.76. The van der Waals surface area contributed by atoms with Crippen LogP contribution in [-0.4, -0.2) is 4.92 Å². The molecule has 0 saturated carbocycles. The molecular weight excluding hydrogens is 202 g/mol. The lowest BCUT2D eigenvalue weighted by Gasteiger charge is -1.95. The van der Waals surface area contributed by atoms with Crippen molar-refractivity contribution in [1.29, 1.82) is 0 Å². The minimum atomic E-state index is -0.454. The highest BCUT2D eigenvalue weighted by Crippen LogP contribution is 2.35. The zero-order chi connectivity index (χ0) is 10.3. The number of nitro benzene ring substituents is 1. The monoisotopic (exact) mass is 209 g/mol. The summed E-state index contributed by atoms with van der Waals surface area (Å²) in [7, 11) is 0. The molecule has 0 aliphatic rings. The number of nitrogens with zero attached hydrogens (tertiary/aromatic N) is 1. The van der Waals surface area contributed by atoms with Crippen molar-refractivity contribution in [2.75, 3.05) is 11.5 Å². The summed E-state index contributed by atoms with van der Waals surface area (Å²) in [5, 5.41) is 11.8. The average molecular weight is 209 g/mol. The second-order valence-electron chi connectivity index (χ2n) is 2.86. The lowest BCUT2D eigenvalue weighted by atomic mass is 10.2. The molecule has 0 unspecified atom stereocenters. The highest BCUT2D eigenvalue weighted by molar-refractivity contribution is 7.22. The van der Waals surface area contributed by atoms with Crippen LogP contribution in [0, 0.1) is 10.1 Å². The summed E-state index contributed by atoms with van der Waals surface area (Å²) in [5.74, 6) is 0. The number of hydrogen-bond donors (Lipinski definition) is 2. The normalized spacial score (nSPS) is 10.6. The first-order valence-electron chi connectivity index (χ1n) is 3.81. The van der Waals surface area contributed by atoms with Crippen LogP contribution in [0.25, 0.3) is 10.1 Å². The van der Waals surface area contributed by atoms with E-state index in [1.165, 1.54) is 17.4 Å². The Morgan fingerprint density at radius 3 is 2.64 bits per heavy atom. The molecule has 0 atom stereocenters. The molecule has 1 heterocycles.